The Kier molecular flexibility index (Phi) is 2.36. The van der Waals surface area contributed by atoms with Crippen molar-refractivity contribution in [2.45, 2.75) is 6.92 Å². The average Bonchev–Trinajstić information content (AvgIpc) is 2.45. The molecule has 0 saturated carbocycles. The van der Waals surface area contributed by atoms with Gasteiger partial charge in [0.05, 0.1) is 5.02 Å². The molecule has 0 saturated heterocycles. The number of hydrogen-bond donors (Lipinski definition) is 1. The SMILES string of the molecule is Cc1cc(N)nn1-c1c(F)cccc1Cl. The van der Waals surface area contributed by atoms with E-state index in [4.69, 9.17) is 17.3 Å². The van der Waals surface area contributed by atoms with Crippen LogP contribution in [0.4, 0.5) is 10.2 Å². The summed E-state index contributed by atoms with van der Waals surface area (Å²) in [5.41, 5.74) is 6.49. The lowest BCUT2D eigenvalue weighted by Crippen LogP contribution is -2.03. The van der Waals surface area contributed by atoms with Gasteiger partial charge in [-0.25, -0.2) is 9.07 Å². The molecule has 0 aliphatic carbocycles. The Bertz CT molecular complexity index is 487. The third-order valence-corrected chi connectivity index (χ3v) is 2.36. The highest BCUT2D eigenvalue weighted by Gasteiger charge is 2.12. The van der Waals surface area contributed by atoms with E-state index in [0.717, 1.165) is 5.69 Å². The molecule has 1 aromatic heterocycles. The van der Waals surface area contributed by atoms with E-state index in [9.17, 15) is 4.39 Å². The van der Waals surface area contributed by atoms with Crippen molar-refractivity contribution in [2.75, 3.05) is 5.73 Å². The maximum atomic E-state index is 13.5. The van der Waals surface area contributed by atoms with Crippen molar-refractivity contribution >= 4 is 17.4 Å². The molecular weight excluding hydrogens is 217 g/mol. The van der Waals surface area contributed by atoms with Gasteiger partial charge in [-0.1, -0.05) is 17.7 Å². The van der Waals surface area contributed by atoms with E-state index in [2.05, 4.69) is 5.10 Å². The van der Waals surface area contributed by atoms with Gasteiger partial charge in [0.15, 0.2) is 0 Å². The van der Waals surface area contributed by atoms with Gasteiger partial charge in [0.25, 0.3) is 0 Å². The quantitative estimate of drug-likeness (QED) is 0.811. The van der Waals surface area contributed by atoms with Crippen LogP contribution in [-0.2, 0) is 0 Å². The number of aryl methyl sites for hydroxylation is 1. The smallest absolute Gasteiger partial charge is 0.150 e. The summed E-state index contributed by atoms with van der Waals surface area (Å²) in [6.07, 6.45) is 0. The van der Waals surface area contributed by atoms with Crippen LogP contribution in [0.3, 0.4) is 0 Å². The molecule has 3 nitrogen and oxygen atoms in total. The first-order valence-corrected chi connectivity index (χ1v) is 4.74. The molecule has 0 amide bonds. The zero-order valence-electron chi connectivity index (χ0n) is 8.04. The van der Waals surface area contributed by atoms with Gasteiger partial charge in [-0.3, -0.25) is 0 Å². The van der Waals surface area contributed by atoms with E-state index in [-0.39, 0.29) is 5.69 Å². The van der Waals surface area contributed by atoms with Crippen LogP contribution < -0.4 is 5.73 Å². The lowest BCUT2D eigenvalue weighted by atomic mass is 10.3. The Morgan fingerprint density at radius 3 is 2.73 bits per heavy atom. The van der Waals surface area contributed by atoms with E-state index >= 15 is 0 Å². The summed E-state index contributed by atoms with van der Waals surface area (Å²) in [6.45, 7) is 1.78. The predicted molar refractivity (Wildman–Crippen MR) is 57.7 cm³/mol. The number of para-hydroxylation sites is 1. The second-order valence-corrected chi connectivity index (χ2v) is 3.60. The fourth-order valence-electron chi connectivity index (χ4n) is 1.42. The topological polar surface area (TPSA) is 43.8 Å². The molecule has 0 fully saturated rings. The van der Waals surface area contributed by atoms with Crippen LogP contribution in [0, 0.1) is 12.7 Å². The van der Waals surface area contributed by atoms with Gasteiger partial charge >= 0.3 is 0 Å². The van der Waals surface area contributed by atoms with E-state index in [1.165, 1.54) is 10.7 Å². The van der Waals surface area contributed by atoms with Crippen molar-refractivity contribution in [3.05, 3.63) is 40.8 Å². The normalized spacial score (nSPS) is 10.6. The zero-order chi connectivity index (χ0) is 11.0. The first-order chi connectivity index (χ1) is 7.09. The highest BCUT2D eigenvalue weighted by atomic mass is 35.5. The zero-order valence-corrected chi connectivity index (χ0v) is 8.79. The average molecular weight is 226 g/mol. The highest BCUT2D eigenvalue weighted by molar-refractivity contribution is 6.32. The molecule has 2 aromatic rings. The van der Waals surface area contributed by atoms with E-state index in [0.29, 0.717) is 10.8 Å². The second kappa shape index (κ2) is 3.55. The Morgan fingerprint density at radius 2 is 2.20 bits per heavy atom. The van der Waals surface area contributed by atoms with Crippen LogP contribution in [-0.4, -0.2) is 9.78 Å². The summed E-state index contributed by atoms with van der Waals surface area (Å²) in [4.78, 5) is 0. The number of halogens is 2. The van der Waals surface area contributed by atoms with Gasteiger partial charge in [-0.15, -0.1) is 0 Å². The Balaban J connectivity index is 2.68. The van der Waals surface area contributed by atoms with Gasteiger partial charge in [0, 0.05) is 11.8 Å². The molecule has 0 aliphatic rings. The van der Waals surface area contributed by atoms with E-state index in [1.54, 1.807) is 25.1 Å². The third kappa shape index (κ3) is 1.68. The summed E-state index contributed by atoms with van der Waals surface area (Å²) in [5, 5.41) is 4.28. The highest BCUT2D eigenvalue weighted by Crippen LogP contribution is 2.24. The van der Waals surface area contributed by atoms with E-state index < -0.39 is 5.82 Å². The number of benzene rings is 1. The van der Waals surface area contributed by atoms with Crippen molar-refractivity contribution in [3.8, 4) is 5.69 Å². The predicted octanol–water partition coefficient (Wildman–Crippen LogP) is 2.56. The van der Waals surface area contributed by atoms with Crippen molar-refractivity contribution in [1.29, 1.82) is 0 Å². The lowest BCUT2D eigenvalue weighted by Gasteiger charge is -2.07. The van der Waals surface area contributed by atoms with Gasteiger partial charge < -0.3 is 5.73 Å². The van der Waals surface area contributed by atoms with Crippen molar-refractivity contribution < 1.29 is 4.39 Å². The first-order valence-electron chi connectivity index (χ1n) is 4.36. The van der Waals surface area contributed by atoms with E-state index in [1.807, 2.05) is 0 Å². The molecule has 2 N–H and O–H groups in total. The minimum atomic E-state index is -0.422. The minimum absolute atomic E-state index is 0.230. The molecule has 0 bridgehead atoms. The minimum Gasteiger partial charge on any atom is -0.382 e. The molecular formula is C10H9ClFN3. The van der Waals surface area contributed by atoms with Crippen molar-refractivity contribution in [2.24, 2.45) is 0 Å². The number of nitrogens with two attached hydrogens (primary N) is 1. The molecule has 2 rings (SSSR count). The monoisotopic (exact) mass is 225 g/mol. The van der Waals surface area contributed by atoms with Crippen LogP contribution >= 0.6 is 11.6 Å². The number of aromatic nitrogens is 2. The second-order valence-electron chi connectivity index (χ2n) is 3.19. The summed E-state index contributed by atoms with van der Waals surface area (Å²) in [5.74, 6) is -0.0829. The maximum Gasteiger partial charge on any atom is 0.150 e. The summed E-state index contributed by atoms with van der Waals surface area (Å²) >= 11 is 5.90. The maximum absolute atomic E-state index is 13.5. The van der Waals surface area contributed by atoms with Gasteiger partial charge in [0.2, 0.25) is 0 Å². The van der Waals surface area contributed by atoms with Crippen molar-refractivity contribution in [1.82, 2.24) is 9.78 Å². The number of hydrogen-bond acceptors (Lipinski definition) is 2. The molecule has 0 atom stereocenters. The molecule has 78 valence electrons. The van der Waals surface area contributed by atoms with Crippen LogP contribution in [0.15, 0.2) is 24.3 Å². The number of nitrogens with zero attached hydrogens (tertiary/aromatic N) is 2. The van der Waals surface area contributed by atoms with Gasteiger partial charge in [-0.05, 0) is 19.1 Å². The largest absolute Gasteiger partial charge is 0.382 e. The number of anilines is 1. The molecule has 0 radical (unpaired) electrons. The number of nitrogen functional groups attached to an aromatic ring is 1. The van der Waals surface area contributed by atoms with Crippen LogP contribution in [0.2, 0.25) is 5.02 Å². The fourth-order valence-corrected chi connectivity index (χ4v) is 1.66. The van der Waals surface area contributed by atoms with Crippen LogP contribution in [0.25, 0.3) is 5.69 Å². The lowest BCUT2D eigenvalue weighted by molar-refractivity contribution is 0.609. The molecule has 0 spiro atoms. The molecule has 0 unspecified atom stereocenters. The standard InChI is InChI=1S/C10H9ClFN3/c1-6-5-9(13)14-15(6)10-7(11)3-2-4-8(10)12/h2-5H,1H3,(H2,13,14). The summed E-state index contributed by atoms with van der Waals surface area (Å²) < 4.78 is 14.9. The molecule has 1 heterocycles. The Labute approximate surface area is 91.3 Å². The van der Waals surface area contributed by atoms with Gasteiger partial charge in [0.1, 0.15) is 17.3 Å². The first kappa shape index (κ1) is 9.98. The third-order valence-electron chi connectivity index (χ3n) is 2.06. The van der Waals surface area contributed by atoms with Crippen LogP contribution in [0.5, 0.6) is 0 Å². The molecule has 5 heteroatoms. The Morgan fingerprint density at radius 1 is 1.47 bits per heavy atom. The van der Waals surface area contributed by atoms with Gasteiger partial charge in [-0.2, -0.15) is 5.10 Å². The van der Waals surface area contributed by atoms with Crippen molar-refractivity contribution in [3.63, 3.8) is 0 Å². The Hall–Kier alpha value is -1.55. The molecule has 0 aliphatic heterocycles. The summed E-state index contributed by atoms with van der Waals surface area (Å²) in [7, 11) is 0. The number of rotatable bonds is 1. The fraction of sp³-hybridized carbons (Fsp3) is 0.100. The molecule has 1 aromatic carbocycles. The molecule has 15 heavy (non-hydrogen) atoms. The summed E-state index contributed by atoms with van der Waals surface area (Å²) in [6, 6.07) is 6.14. The van der Waals surface area contributed by atoms with Crippen LogP contribution in [0.1, 0.15) is 5.69 Å².